The highest BCUT2D eigenvalue weighted by molar-refractivity contribution is 5.77. The molecule has 1 aliphatic rings. The Hall–Kier alpha value is -2.27. The summed E-state index contributed by atoms with van der Waals surface area (Å²) >= 11 is 0. The maximum absolute atomic E-state index is 6.06. The van der Waals surface area contributed by atoms with Crippen LogP contribution in [-0.2, 0) is 6.42 Å². The number of hydrogen-bond acceptors (Lipinski definition) is 3. The van der Waals surface area contributed by atoms with Gasteiger partial charge in [-0.15, -0.1) is 0 Å². The summed E-state index contributed by atoms with van der Waals surface area (Å²) in [5, 5.41) is 3.21. The van der Waals surface area contributed by atoms with Gasteiger partial charge in [-0.1, -0.05) is 36.8 Å². The number of rotatable bonds is 7. The molecule has 0 amide bonds. The normalized spacial score (nSPS) is 17.4. The van der Waals surface area contributed by atoms with Crippen molar-refractivity contribution in [1.82, 2.24) is 10.2 Å². The Kier molecular flexibility index (Phi) is 6.51. The van der Waals surface area contributed by atoms with Gasteiger partial charge in [-0.3, -0.25) is 9.89 Å². The molecule has 5 heteroatoms. The fraction of sp³-hybridized carbons (Fsp3) is 0.450. The minimum atomic E-state index is 0.171. The van der Waals surface area contributed by atoms with Gasteiger partial charge < -0.3 is 15.5 Å². The van der Waals surface area contributed by atoms with Gasteiger partial charge >= 0.3 is 0 Å². The number of likely N-dealkylation sites (tertiary alicyclic amines) is 1. The van der Waals surface area contributed by atoms with Crippen LogP contribution in [0.3, 0.4) is 0 Å². The van der Waals surface area contributed by atoms with Crippen molar-refractivity contribution in [3.05, 3.63) is 60.1 Å². The smallest absolute Gasteiger partial charge is 0.188 e. The molecular weight excluding hydrogens is 312 g/mol. The Morgan fingerprint density at radius 3 is 2.64 bits per heavy atom. The molecule has 1 atom stereocenters. The predicted octanol–water partition coefficient (Wildman–Crippen LogP) is 2.95. The number of hydrogen-bond donors (Lipinski definition) is 2. The van der Waals surface area contributed by atoms with Crippen LogP contribution in [0.5, 0.6) is 0 Å². The fourth-order valence-corrected chi connectivity index (χ4v) is 3.32. The molecule has 134 valence electrons. The third-order valence-electron chi connectivity index (χ3n) is 4.70. The number of nitrogens with two attached hydrogens (primary N) is 1. The predicted molar refractivity (Wildman–Crippen MR) is 102 cm³/mol. The van der Waals surface area contributed by atoms with Crippen LogP contribution in [0.25, 0.3) is 0 Å². The average Bonchev–Trinajstić information content (AvgIpc) is 3.18. The Balaban J connectivity index is 1.53. The highest BCUT2D eigenvalue weighted by Crippen LogP contribution is 2.25. The first-order valence-corrected chi connectivity index (χ1v) is 9.18. The van der Waals surface area contributed by atoms with E-state index in [4.69, 9.17) is 10.2 Å². The van der Waals surface area contributed by atoms with Gasteiger partial charge in [0.2, 0.25) is 0 Å². The highest BCUT2D eigenvalue weighted by atomic mass is 16.3. The van der Waals surface area contributed by atoms with Crippen molar-refractivity contribution in [2.45, 2.75) is 31.7 Å². The van der Waals surface area contributed by atoms with Gasteiger partial charge in [-0.2, -0.15) is 0 Å². The number of benzene rings is 1. The summed E-state index contributed by atoms with van der Waals surface area (Å²) in [5.74, 6) is 1.48. The number of aliphatic imine (C=N–C) groups is 1. The van der Waals surface area contributed by atoms with E-state index in [2.05, 4.69) is 39.5 Å². The molecule has 0 radical (unpaired) electrons. The lowest BCUT2D eigenvalue weighted by atomic mass is 10.1. The number of guanidine groups is 1. The number of nitrogens with zero attached hydrogens (tertiary/aromatic N) is 2. The molecule has 1 aromatic carbocycles. The zero-order valence-electron chi connectivity index (χ0n) is 14.7. The molecule has 0 saturated carbocycles. The van der Waals surface area contributed by atoms with Crippen LogP contribution in [-0.4, -0.2) is 37.0 Å². The Bertz CT molecular complexity index is 633. The summed E-state index contributed by atoms with van der Waals surface area (Å²) in [4.78, 5) is 7.03. The molecule has 1 unspecified atom stereocenters. The van der Waals surface area contributed by atoms with E-state index in [0.717, 1.165) is 31.8 Å². The first kappa shape index (κ1) is 17.5. The number of nitrogens with one attached hydrogen (secondary N) is 1. The molecule has 0 aliphatic carbocycles. The van der Waals surface area contributed by atoms with Crippen molar-refractivity contribution in [2.24, 2.45) is 10.7 Å². The molecule has 2 heterocycles. The van der Waals surface area contributed by atoms with Crippen LogP contribution in [0.2, 0.25) is 0 Å². The maximum atomic E-state index is 6.06. The van der Waals surface area contributed by atoms with E-state index < -0.39 is 0 Å². The van der Waals surface area contributed by atoms with Crippen molar-refractivity contribution >= 4 is 5.96 Å². The SMILES string of the molecule is NC(=NCC(c1ccco1)N1CCCCC1)NCCc1ccccc1. The van der Waals surface area contributed by atoms with Crippen LogP contribution >= 0.6 is 0 Å². The fourth-order valence-electron chi connectivity index (χ4n) is 3.32. The molecule has 0 bridgehead atoms. The number of furan rings is 1. The van der Waals surface area contributed by atoms with E-state index in [1.54, 1.807) is 6.26 Å². The summed E-state index contributed by atoms with van der Waals surface area (Å²) in [6.07, 6.45) is 6.47. The maximum Gasteiger partial charge on any atom is 0.188 e. The Labute approximate surface area is 149 Å². The number of piperidine rings is 1. The second-order valence-corrected chi connectivity index (χ2v) is 6.52. The molecule has 1 fully saturated rings. The summed E-state index contributed by atoms with van der Waals surface area (Å²) in [6, 6.07) is 14.5. The first-order chi connectivity index (χ1) is 12.3. The average molecular weight is 340 g/mol. The molecular formula is C20H28N4O. The third-order valence-corrected chi connectivity index (χ3v) is 4.70. The molecule has 3 N–H and O–H groups in total. The lowest BCUT2D eigenvalue weighted by Gasteiger charge is -2.32. The lowest BCUT2D eigenvalue weighted by Crippen LogP contribution is -2.37. The van der Waals surface area contributed by atoms with Crippen molar-refractivity contribution in [1.29, 1.82) is 0 Å². The molecule has 3 rings (SSSR count). The van der Waals surface area contributed by atoms with Crippen molar-refractivity contribution in [2.75, 3.05) is 26.2 Å². The van der Waals surface area contributed by atoms with Gasteiger partial charge in [-0.25, -0.2) is 0 Å². The molecule has 2 aromatic rings. The van der Waals surface area contributed by atoms with Gasteiger partial charge in [0.05, 0.1) is 18.8 Å². The van der Waals surface area contributed by atoms with Crippen molar-refractivity contribution < 1.29 is 4.42 Å². The molecule has 1 saturated heterocycles. The minimum Gasteiger partial charge on any atom is -0.468 e. The standard InChI is InChI=1S/C20H28N4O/c21-20(22-12-11-17-8-3-1-4-9-17)23-16-18(19-10-7-15-25-19)24-13-5-2-6-14-24/h1,3-4,7-10,15,18H,2,5-6,11-14,16H2,(H3,21,22,23). The quantitative estimate of drug-likeness (QED) is 0.601. The van der Waals surface area contributed by atoms with Crippen LogP contribution in [0, 0.1) is 0 Å². The molecule has 5 nitrogen and oxygen atoms in total. The Morgan fingerprint density at radius 1 is 1.12 bits per heavy atom. The molecule has 1 aromatic heterocycles. The highest BCUT2D eigenvalue weighted by Gasteiger charge is 2.24. The van der Waals surface area contributed by atoms with Gasteiger partial charge in [0, 0.05) is 6.54 Å². The van der Waals surface area contributed by atoms with E-state index in [1.807, 2.05) is 18.2 Å². The minimum absolute atomic E-state index is 0.171. The van der Waals surface area contributed by atoms with E-state index >= 15 is 0 Å². The summed E-state index contributed by atoms with van der Waals surface area (Å²) in [6.45, 7) is 3.61. The second kappa shape index (κ2) is 9.28. The monoisotopic (exact) mass is 340 g/mol. The zero-order chi connectivity index (χ0) is 17.3. The Morgan fingerprint density at radius 2 is 1.92 bits per heavy atom. The van der Waals surface area contributed by atoms with E-state index in [1.165, 1.54) is 24.8 Å². The van der Waals surface area contributed by atoms with Gasteiger partial charge in [0.1, 0.15) is 5.76 Å². The largest absolute Gasteiger partial charge is 0.468 e. The van der Waals surface area contributed by atoms with Crippen LogP contribution < -0.4 is 11.1 Å². The van der Waals surface area contributed by atoms with E-state index in [9.17, 15) is 0 Å². The third kappa shape index (κ3) is 5.36. The first-order valence-electron chi connectivity index (χ1n) is 9.18. The molecule has 25 heavy (non-hydrogen) atoms. The summed E-state index contributed by atoms with van der Waals surface area (Å²) in [7, 11) is 0. The van der Waals surface area contributed by atoms with Gasteiger partial charge in [0.25, 0.3) is 0 Å². The van der Waals surface area contributed by atoms with Crippen LogP contribution in [0.4, 0.5) is 0 Å². The summed E-state index contributed by atoms with van der Waals surface area (Å²) in [5.41, 5.74) is 7.35. The second-order valence-electron chi connectivity index (χ2n) is 6.52. The molecule has 1 aliphatic heterocycles. The van der Waals surface area contributed by atoms with E-state index in [-0.39, 0.29) is 6.04 Å². The molecule has 0 spiro atoms. The summed E-state index contributed by atoms with van der Waals surface area (Å²) < 4.78 is 5.65. The van der Waals surface area contributed by atoms with E-state index in [0.29, 0.717) is 12.5 Å². The van der Waals surface area contributed by atoms with Crippen LogP contribution in [0.15, 0.2) is 58.1 Å². The zero-order valence-corrected chi connectivity index (χ0v) is 14.7. The van der Waals surface area contributed by atoms with Gasteiger partial charge in [0.15, 0.2) is 5.96 Å². The lowest BCUT2D eigenvalue weighted by molar-refractivity contribution is 0.150. The van der Waals surface area contributed by atoms with Gasteiger partial charge in [-0.05, 0) is 50.0 Å². The topological polar surface area (TPSA) is 66.8 Å². The van der Waals surface area contributed by atoms with Crippen molar-refractivity contribution in [3.63, 3.8) is 0 Å². The van der Waals surface area contributed by atoms with Crippen molar-refractivity contribution in [3.8, 4) is 0 Å². The van der Waals surface area contributed by atoms with Crippen LogP contribution in [0.1, 0.15) is 36.6 Å².